The van der Waals surface area contributed by atoms with Crippen LogP contribution in [0.1, 0.15) is 5.56 Å². The third-order valence-electron chi connectivity index (χ3n) is 3.11. The predicted molar refractivity (Wildman–Crippen MR) is 78.4 cm³/mol. The van der Waals surface area contributed by atoms with E-state index in [1.165, 1.54) is 5.56 Å². The van der Waals surface area contributed by atoms with Gasteiger partial charge in [0, 0.05) is 24.5 Å². The minimum absolute atomic E-state index is 0.415. The van der Waals surface area contributed by atoms with Crippen molar-refractivity contribution in [2.45, 2.75) is 13.0 Å². The lowest BCUT2D eigenvalue weighted by Crippen LogP contribution is -2.04. The first-order valence-electron chi connectivity index (χ1n) is 6.37. The van der Waals surface area contributed by atoms with Crippen LogP contribution in [-0.2, 0) is 13.0 Å². The minimum atomic E-state index is 0.415. The molecule has 0 bridgehead atoms. The van der Waals surface area contributed by atoms with Gasteiger partial charge in [0.2, 0.25) is 5.28 Å². The number of pyridine rings is 1. The van der Waals surface area contributed by atoms with Crippen LogP contribution in [0.25, 0.3) is 11.4 Å². The molecule has 0 spiro atoms. The predicted octanol–water partition coefficient (Wildman–Crippen LogP) is 3.24. The van der Waals surface area contributed by atoms with E-state index in [-0.39, 0.29) is 0 Å². The second-order valence-electron chi connectivity index (χ2n) is 4.42. The molecule has 0 atom stereocenters. The standard InChI is InChI=1S/C15H13ClN4/c16-15-19-18-14(13-4-2-1-3-5-13)20(15)11-8-12-6-9-17-10-7-12/h1-7,9-10H,8,11H2. The summed E-state index contributed by atoms with van der Waals surface area (Å²) < 4.78 is 1.93. The molecule has 0 aliphatic rings. The SMILES string of the molecule is Clc1nnc(-c2ccccc2)n1CCc1ccncc1. The molecule has 20 heavy (non-hydrogen) atoms. The maximum Gasteiger partial charge on any atom is 0.225 e. The summed E-state index contributed by atoms with van der Waals surface area (Å²) in [6.07, 6.45) is 4.45. The number of aromatic nitrogens is 4. The quantitative estimate of drug-likeness (QED) is 0.739. The van der Waals surface area contributed by atoms with E-state index in [0.717, 1.165) is 24.4 Å². The van der Waals surface area contributed by atoms with E-state index < -0.39 is 0 Å². The van der Waals surface area contributed by atoms with E-state index in [2.05, 4.69) is 15.2 Å². The van der Waals surface area contributed by atoms with Crippen LogP contribution in [0.5, 0.6) is 0 Å². The summed E-state index contributed by atoms with van der Waals surface area (Å²) in [5, 5.41) is 8.55. The fraction of sp³-hybridized carbons (Fsp3) is 0.133. The summed E-state index contributed by atoms with van der Waals surface area (Å²) in [6.45, 7) is 0.736. The molecule has 0 saturated carbocycles. The van der Waals surface area contributed by atoms with Crippen molar-refractivity contribution in [2.75, 3.05) is 0 Å². The van der Waals surface area contributed by atoms with Gasteiger partial charge in [0.25, 0.3) is 0 Å². The molecule has 3 aromatic rings. The second kappa shape index (κ2) is 5.84. The molecule has 100 valence electrons. The molecule has 0 saturated heterocycles. The number of nitrogens with zero attached hydrogens (tertiary/aromatic N) is 4. The number of hydrogen-bond acceptors (Lipinski definition) is 3. The number of hydrogen-bond donors (Lipinski definition) is 0. The van der Waals surface area contributed by atoms with E-state index in [1.807, 2.05) is 47.0 Å². The van der Waals surface area contributed by atoms with Gasteiger partial charge in [-0.05, 0) is 35.7 Å². The molecule has 0 fully saturated rings. The highest BCUT2D eigenvalue weighted by Crippen LogP contribution is 2.20. The zero-order chi connectivity index (χ0) is 13.8. The van der Waals surface area contributed by atoms with Crippen LogP contribution >= 0.6 is 11.6 Å². The van der Waals surface area contributed by atoms with Crippen LogP contribution in [-0.4, -0.2) is 19.7 Å². The third-order valence-corrected chi connectivity index (χ3v) is 3.39. The Bertz CT molecular complexity index is 680. The number of aryl methyl sites for hydroxylation is 1. The van der Waals surface area contributed by atoms with Gasteiger partial charge in [-0.1, -0.05) is 30.3 Å². The number of rotatable bonds is 4. The maximum absolute atomic E-state index is 6.14. The molecule has 1 aromatic carbocycles. The van der Waals surface area contributed by atoms with Gasteiger partial charge in [-0.15, -0.1) is 10.2 Å². The van der Waals surface area contributed by atoms with Crippen molar-refractivity contribution in [1.82, 2.24) is 19.7 Å². The second-order valence-corrected chi connectivity index (χ2v) is 4.75. The molecule has 2 aromatic heterocycles. The molecular weight excluding hydrogens is 272 g/mol. The van der Waals surface area contributed by atoms with Crippen LogP contribution in [0.15, 0.2) is 54.9 Å². The Morgan fingerprint density at radius 2 is 1.70 bits per heavy atom. The Balaban J connectivity index is 1.85. The van der Waals surface area contributed by atoms with Crippen LogP contribution < -0.4 is 0 Å². The Morgan fingerprint density at radius 3 is 2.45 bits per heavy atom. The third kappa shape index (κ3) is 2.70. The largest absolute Gasteiger partial charge is 0.297 e. The van der Waals surface area contributed by atoms with Gasteiger partial charge in [0.1, 0.15) is 0 Å². The highest BCUT2D eigenvalue weighted by atomic mass is 35.5. The number of benzene rings is 1. The van der Waals surface area contributed by atoms with Crippen molar-refractivity contribution in [3.05, 3.63) is 65.7 Å². The van der Waals surface area contributed by atoms with Gasteiger partial charge < -0.3 is 0 Å². The fourth-order valence-electron chi connectivity index (χ4n) is 2.07. The Kier molecular flexibility index (Phi) is 3.74. The van der Waals surface area contributed by atoms with Crippen molar-refractivity contribution in [3.8, 4) is 11.4 Å². The molecule has 0 aliphatic carbocycles. The van der Waals surface area contributed by atoms with Crippen molar-refractivity contribution in [3.63, 3.8) is 0 Å². The topological polar surface area (TPSA) is 43.6 Å². The summed E-state index contributed by atoms with van der Waals surface area (Å²) in [5.41, 5.74) is 2.23. The van der Waals surface area contributed by atoms with Gasteiger partial charge in [-0.25, -0.2) is 0 Å². The van der Waals surface area contributed by atoms with Gasteiger partial charge in [0.15, 0.2) is 5.82 Å². The van der Waals surface area contributed by atoms with Gasteiger partial charge in [-0.2, -0.15) is 0 Å². The lowest BCUT2D eigenvalue weighted by Gasteiger charge is -2.07. The molecule has 0 radical (unpaired) electrons. The van der Waals surface area contributed by atoms with E-state index in [9.17, 15) is 0 Å². The molecule has 0 N–H and O–H groups in total. The first-order valence-corrected chi connectivity index (χ1v) is 6.75. The molecule has 4 nitrogen and oxygen atoms in total. The van der Waals surface area contributed by atoms with E-state index in [0.29, 0.717) is 5.28 Å². The molecule has 0 amide bonds. The van der Waals surface area contributed by atoms with Crippen molar-refractivity contribution in [2.24, 2.45) is 0 Å². The summed E-state index contributed by atoms with van der Waals surface area (Å²) in [5.74, 6) is 0.796. The van der Waals surface area contributed by atoms with Crippen molar-refractivity contribution >= 4 is 11.6 Å². The van der Waals surface area contributed by atoms with Gasteiger partial charge >= 0.3 is 0 Å². The normalized spacial score (nSPS) is 10.7. The monoisotopic (exact) mass is 284 g/mol. The minimum Gasteiger partial charge on any atom is -0.297 e. The molecule has 2 heterocycles. The highest BCUT2D eigenvalue weighted by molar-refractivity contribution is 6.28. The highest BCUT2D eigenvalue weighted by Gasteiger charge is 2.11. The smallest absolute Gasteiger partial charge is 0.225 e. The van der Waals surface area contributed by atoms with Gasteiger partial charge in [0.05, 0.1) is 0 Å². The number of halogens is 1. The Labute approximate surface area is 122 Å². The molecular formula is C15H13ClN4. The van der Waals surface area contributed by atoms with Crippen molar-refractivity contribution < 1.29 is 0 Å². The molecule has 3 rings (SSSR count). The van der Waals surface area contributed by atoms with Crippen LogP contribution in [0.2, 0.25) is 5.28 Å². The molecule has 0 aliphatic heterocycles. The molecule has 0 unspecified atom stereocenters. The average molecular weight is 285 g/mol. The van der Waals surface area contributed by atoms with E-state index >= 15 is 0 Å². The summed E-state index contributed by atoms with van der Waals surface area (Å²) in [4.78, 5) is 4.02. The first-order chi connectivity index (χ1) is 9.84. The van der Waals surface area contributed by atoms with Crippen LogP contribution in [0.3, 0.4) is 0 Å². The average Bonchev–Trinajstić information content (AvgIpc) is 2.88. The van der Waals surface area contributed by atoms with Crippen molar-refractivity contribution in [1.29, 1.82) is 0 Å². The maximum atomic E-state index is 6.14. The zero-order valence-corrected chi connectivity index (χ0v) is 11.5. The Hall–Kier alpha value is -2.20. The van der Waals surface area contributed by atoms with E-state index in [1.54, 1.807) is 12.4 Å². The fourth-order valence-corrected chi connectivity index (χ4v) is 2.28. The molecule has 5 heteroatoms. The van der Waals surface area contributed by atoms with Crippen LogP contribution in [0, 0.1) is 0 Å². The van der Waals surface area contributed by atoms with Gasteiger partial charge in [-0.3, -0.25) is 9.55 Å². The summed E-state index contributed by atoms with van der Waals surface area (Å²) in [7, 11) is 0. The zero-order valence-electron chi connectivity index (χ0n) is 10.8. The summed E-state index contributed by atoms with van der Waals surface area (Å²) >= 11 is 6.14. The van der Waals surface area contributed by atoms with Crippen LogP contribution in [0.4, 0.5) is 0 Å². The van der Waals surface area contributed by atoms with E-state index in [4.69, 9.17) is 11.6 Å². The first kappa shape index (κ1) is 12.8. The Morgan fingerprint density at radius 1 is 0.950 bits per heavy atom. The summed E-state index contributed by atoms with van der Waals surface area (Å²) in [6, 6.07) is 13.9. The lowest BCUT2D eigenvalue weighted by molar-refractivity contribution is 0.700. The lowest BCUT2D eigenvalue weighted by atomic mass is 10.2.